The molecule has 0 unspecified atom stereocenters. The van der Waals surface area contributed by atoms with Crippen LogP contribution in [0.2, 0.25) is 0 Å². The van der Waals surface area contributed by atoms with Crippen molar-refractivity contribution in [2.75, 3.05) is 11.8 Å². The molecule has 0 fully saturated rings. The fourth-order valence-electron chi connectivity index (χ4n) is 2.02. The van der Waals surface area contributed by atoms with Gasteiger partial charge in [-0.3, -0.25) is 4.68 Å². The summed E-state index contributed by atoms with van der Waals surface area (Å²) in [7, 11) is 0. The van der Waals surface area contributed by atoms with Gasteiger partial charge in [0.15, 0.2) is 0 Å². The van der Waals surface area contributed by atoms with Crippen LogP contribution in [0.25, 0.3) is 0 Å². The van der Waals surface area contributed by atoms with Crippen molar-refractivity contribution >= 4 is 23.2 Å². The van der Waals surface area contributed by atoms with Gasteiger partial charge in [0.05, 0.1) is 5.69 Å². The zero-order chi connectivity index (χ0) is 13.1. The average molecular weight is 277 g/mol. The van der Waals surface area contributed by atoms with Gasteiger partial charge in [-0.2, -0.15) is 5.10 Å². The van der Waals surface area contributed by atoms with Crippen molar-refractivity contribution in [3.05, 3.63) is 17.5 Å². The van der Waals surface area contributed by atoms with Crippen molar-refractivity contribution in [2.24, 2.45) is 11.3 Å². The zero-order valence-corrected chi connectivity index (χ0v) is 12.6. The largest absolute Gasteiger partial charge is 0.270 e. The van der Waals surface area contributed by atoms with Crippen LogP contribution in [0.1, 0.15) is 32.2 Å². The molecule has 0 saturated carbocycles. The third-order valence-corrected chi connectivity index (χ3v) is 4.64. The highest BCUT2D eigenvalue weighted by Crippen LogP contribution is 2.34. The molecule has 0 aromatic carbocycles. The monoisotopic (exact) mass is 276 g/mol. The molecule has 1 rings (SSSR count). The first-order chi connectivity index (χ1) is 7.99. The van der Waals surface area contributed by atoms with Crippen LogP contribution in [-0.2, 0) is 13.0 Å². The molecule has 4 heteroatoms. The number of nitrogens with zero attached hydrogens (tertiary/aromatic N) is 2. The molecule has 0 bridgehead atoms. The maximum atomic E-state index is 6.16. The van der Waals surface area contributed by atoms with E-state index in [1.165, 1.54) is 5.69 Å². The minimum Gasteiger partial charge on any atom is -0.270 e. The van der Waals surface area contributed by atoms with Crippen LogP contribution in [0.5, 0.6) is 0 Å². The van der Waals surface area contributed by atoms with Crippen molar-refractivity contribution < 1.29 is 0 Å². The van der Waals surface area contributed by atoms with Crippen LogP contribution < -0.4 is 0 Å². The van der Waals surface area contributed by atoms with Crippen LogP contribution in [0, 0.1) is 18.3 Å². The predicted octanol–water partition coefficient (Wildman–Crippen LogP) is 3.87. The molecule has 0 N–H and O–H groups in total. The molecular formula is C13H22Cl2N2. The molecule has 0 saturated heterocycles. The standard InChI is InChI=1S/C13H22Cl2N2/c1-5-17-12(6-11(4)16-17)7-13(8-14,9-15)10(2)3/h6,10H,5,7-9H2,1-4H3. The number of halogens is 2. The van der Waals surface area contributed by atoms with Crippen LogP contribution in [-0.4, -0.2) is 21.5 Å². The van der Waals surface area contributed by atoms with E-state index in [4.69, 9.17) is 23.2 Å². The summed E-state index contributed by atoms with van der Waals surface area (Å²) in [5.74, 6) is 1.63. The normalized spacial score (nSPS) is 12.4. The molecule has 1 heterocycles. The molecule has 0 radical (unpaired) electrons. The summed E-state index contributed by atoms with van der Waals surface area (Å²) in [4.78, 5) is 0. The second-order valence-electron chi connectivity index (χ2n) is 5.05. The Morgan fingerprint density at radius 1 is 1.35 bits per heavy atom. The molecule has 0 atom stereocenters. The summed E-state index contributed by atoms with van der Waals surface area (Å²) in [5.41, 5.74) is 2.26. The van der Waals surface area contributed by atoms with Crippen molar-refractivity contribution in [1.82, 2.24) is 9.78 Å². The lowest BCUT2D eigenvalue weighted by Gasteiger charge is -2.34. The van der Waals surface area contributed by atoms with E-state index in [0.717, 1.165) is 18.7 Å². The molecule has 0 amide bonds. The fraction of sp³-hybridized carbons (Fsp3) is 0.769. The van der Waals surface area contributed by atoms with E-state index < -0.39 is 0 Å². The van der Waals surface area contributed by atoms with Crippen LogP contribution in [0.15, 0.2) is 6.07 Å². The number of aryl methyl sites for hydroxylation is 2. The quantitative estimate of drug-likeness (QED) is 0.722. The van der Waals surface area contributed by atoms with E-state index in [-0.39, 0.29) is 5.41 Å². The highest BCUT2D eigenvalue weighted by atomic mass is 35.5. The van der Waals surface area contributed by atoms with Gasteiger partial charge in [0.2, 0.25) is 0 Å². The van der Waals surface area contributed by atoms with Crippen molar-refractivity contribution in [3.63, 3.8) is 0 Å². The topological polar surface area (TPSA) is 17.8 Å². The van der Waals surface area contributed by atoms with Crippen molar-refractivity contribution in [3.8, 4) is 0 Å². The van der Waals surface area contributed by atoms with Gasteiger partial charge in [0, 0.05) is 29.4 Å². The maximum absolute atomic E-state index is 6.16. The lowest BCUT2D eigenvalue weighted by atomic mass is 9.77. The van der Waals surface area contributed by atoms with Gasteiger partial charge in [-0.05, 0) is 32.3 Å². The Hall–Kier alpha value is -0.210. The van der Waals surface area contributed by atoms with Gasteiger partial charge in [0.25, 0.3) is 0 Å². The first-order valence-corrected chi connectivity index (χ1v) is 7.21. The van der Waals surface area contributed by atoms with E-state index in [9.17, 15) is 0 Å². The SMILES string of the molecule is CCn1nc(C)cc1CC(CCl)(CCl)C(C)C. The Kier molecular flexibility index (Phi) is 5.33. The molecule has 0 aliphatic carbocycles. The lowest BCUT2D eigenvalue weighted by Crippen LogP contribution is -2.34. The third kappa shape index (κ3) is 3.17. The lowest BCUT2D eigenvalue weighted by molar-refractivity contribution is 0.252. The minimum atomic E-state index is -0.0392. The Morgan fingerprint density at radius 3 is 2.35 bits per heavy atom. The predicted molar refractivity (Wildman–Crippen MR) is 75.1 cm³/mol. The summed E-state index contributed by atoms with van der Waals surface area (Å²) in [5, 5.41) is 4.47. The fourth-order valence-corrected chi connectivity index (χ4v) is 3.11. The summed E-state index contributed by atoms with van der Waals surface area (Å²) in [6.45, 7) is 9.39. The van der Waals surface area contributed by atoms with Crippen molar-refractivity contribution in [2.45, 2.75) is 40.7 Å². The molecule has 98 valence electrons. The molecule has 1 aromatic rings. The van der Waals surface area contributed by atoms with E-state index >= 15 is 0 Å². The zero-order valence-electron chi connectivity index (χ0n) is 11.1. The summed E-state index contributed by atoms with van der Waals surface area (Å²) >= 11 is 12.3. The first kappa shape index (κ1) is 14.8. The molecule has 0 aliphatic rings. The van der Waals surface area contributed by atoms with Crippen LogP contribution in [0.3, 0.4) is 0 Å². The Bertz CT molecular complexity index is 354. The summed E-state index contributed by atoms with van der Waals surface area (Å²) < 4.78 is 2.05. The van der Waals surface area contributed by atoms with E-state index in [0.29, 0.717) is 17.7 Å². The van der Waals surface area contributed by atoms with E-state index in [1.807, 2.05) is 11.6 Å². The highest BCUT2D eigenvalue weighted by Gasteiger charge is 2.33. The third-order valence-electron chi connectivity index (χ3n) is 3.58. The van der Waals surface area contributed by atoms with E-state index in [2.05, 4.69) is 31.9 Å². The average Bonchev–Trinajstić information content (AvgIpc) is 2.65. The van der Waals surface area contributed by atoms with Gasteiger partial charge in [0.1, 0.15) is 0 Å². The highest BCUT2D eigenvalue weighted by molar-refractivity contribution is 6.21. The maximum Gasteiger partial charge on any atom is 0.0596 e. The minimum absolute atomic E-state index is 0.0392. The number of hydrogen-bond acceptors (Lipinski definition) is 1. The Morgan fingerprint density at radius 2 is 1.94 bits per heavy atom. The van der Waals surface area contributed by atoms with Gasteiger partial charge < -0.3 is 0 Å². The molecule has 17 heavy (non-hydrogen) atoms. The first-order valence-electron chi connectivity index (χ1n) is 6.14. The molecular weight excluding hydrogens is 255 g/mol. The second kappa shape index (κ2) is 6.10. The molecule has 0 aliphatic heterocycles. The molecule has 1 aromatic heterocycles. The van der Waals surface area contributed by atoms with Gasteiger partial charge in [-0.25, -0.2) is 0 Å². The van der Waals surface area contributed by atoms with Gasteiger partial charge in [-0.1, -0.05) is 13.8 Å². The Balaban J connectivity index is 3.00. The van der Waals surface area contributed by atoms with Crippen molar-refractivity contribution in [1.29, 1.82) is 0 Å². The number of aromatic nitrogens is 2. The smallest absolute Gasteiger partial charge is 0.0596 e. The van der Waals surface area contributed by atoms with Crippen LogP contribution >= 0.6 is 23.2 Å². The summed E-state index contributed by atoms with van der Waals surface area (Å²) in [6, 6.07) is 2.14. The van der Waals surface area contributed by atoms with Gasteiger partial charge >= 0.3 is 0 Å². The number of hydrogen-bond donors (Lipinski definition) is 0. The second-order valence-corrected chi connectivity index (χ2v) is 5.59. The van der Waals surface area contributed by atoms with E-state index in [1.54, 1.807) is 0 Å². The molecule has 0 spiro atoms. The van der Waals surface area contributed by atoms with Gasteiger partial charge in [-0.15, -0.1) is 23.2 Å². The Labute approximate surface area is 114 Å². The number of alkyl halides is 2. The summed E-state index contributed by atoms with van der Waals surface area (Å²) in [6.07, 6.45) is 0.895. The van der Waals surface area contributed by atoms with Crippen LogP contribution in [0.4, 0.5) is 0 Å². The number of rotatable bonds is 6. The molecule has 2 nitrogen and oxygen atoms in total.